The molecular weight excluding hydrogens is 340 g/mol. The van der Waals surface area contributed by atoms with E-state index in [1.165, 1.54) is 0 Å². The fraction of sp³-hybridized carbons (Fsp3) is 0.636. The molecular formula is C22H32N2O3. The summed E-state index contributed by atoms with van der Waals surface area (Å²) >= 11 is 0. The quantitative estimate of drug-likeness (QED) is 0.471. The smallest absolute Gasteiger partial charge is 0.191 e. The van der Waals surface area contributed by atoms with Crippen LogP contribution in [-0.4, -0.2) is 36.4 Å². The summed E-state index contributed by atoms with van der Waals surface area (Å²) in [7, 11) is 0. The first-order valence-corrected chi connectivity index (χ1v) is 9.98. The van der Waals surface area contributed by atoms with Crippen molar-refractivity contribution in [3.63, 3.8) is 0 Å². The molecule has 4 atom stereocenters. The molecule has 1 aromatic rings. The van der Waals surface area contributed by atoms with E-state index in [0.29, 0.717) is 24.6 Å². The topological polar surface area (TPSA) is 84.9 Å². The van der Waals surface area contributed by atoms with Crippen LogP contribution in [0.2, 0.25) is 0 Å². The molecule has 2 aliphatic rings. The maximum absolute atomic E-state index is 13.1. The molecule has 1 saturated carbocycles. The van der Waals surface area contributed by atoms with Gasteiger partial charge in [0.1, 0.15) is 12.7 Å². The van der Waals surface area contributed by atoms with E-state index in [0.717, 1.165) is 30.4 Å². The zero-order valence-corrected chi connectivity index (χ0v) is 16.9. The minimum absolute atomic E-state index is 0.167. The van der Waals surface area contributed by atoms with Gasteiger partial charge in [-0.1, -0.05) is 51.4 Å². The first-order valence-electron chi connectivity index (χ1n) is 9.98. The van der Waals surface area contributed by atoms with Crippen molar-refractivity contribution in [2.24, 2.45) is 22.2 Å². The van der Waals surface area contributed by atoms with E-state index in [2.05, 4.69) is 45.0 Å². The van der Waals surface area contributed by atoms with Gasteiger partial charge in [0.2, 0.25) is 0 Å². The molecule has 5 nitrogen and oxygen atoms in total. The molecule has 0 spiro atoms. The SMILES string of the molecule is CC(C)c1ccc2c(c1)C(=O)C(O)C1[C@@](C)(C=NOCCN)CCC[C@]21C. The van der Waals surface area contributed by atoms with Crippen molar-refractivity contribution >= 4 is 12.0 Å². The summed E-state index contributed by atoms with van der Waals surface area (Å²) in [6, 6.07) is 6.22. The Balaban J connectivity index is 2.06. The summed E-state index contributed by atoms with van der Waals surface area (Å²) < 4.78 is 0. The Morgan fingerprint density at radius 3 is 2.78 bits per heavy atom. The largest absolute Gasteiger partial charge is 0.395 e. The molecule has 2 aliphatic carbocycles. The number of aliphatic hydroxyl groups is 1. The van der Waals surface area contributed by atoms with Gasteiger partial charge < -0.3 is 15.7 Å². The standard InChI is InChI=1S/C22H32N2O3/c1-14(2)15-6-7-17-16(12-15)18(25)19(26)20-21(3,13-24-27-11-10-23)8-5-9-22(17,20)4/h6-7,12-14,19-20,26H,5,8-11,23H2,1-4H3/t19?,20?,21-,22-/m1/s1. The van der Waals surface area contributed by atoms with E-state index in [4.69, 9.17) is 10.6 Å². The normalized spacial score (nSPS) is 33.2. The van der Waals surface area contributed by atoms with Gasteiger partial charge in [-0.2, -0.15) is 0 Å². The number of hydrogen-bond donors (Lipinski definition) is 2. The van der Waals surface area contributed by atoms with E-state index < -0.39 is 11.5 Å². The van der Waals surface area contributed by atoms with Crippen molar-refractivity contribution in [2.75, 3.05) is 13.2 Å². The molecule has 3 N–H and O–H groups in total. The molecule has 0 heterocycles. The van der Waals surface area contributed by atoms with E-state index in [-0.39, 0.29) is 17.1 Å². The summed E-state index contributed by atoms with van der Waals surface area (Å²) in [5.41, 5.74) is 7.65. The van der Waals surface area contributed by atoms with Gasteiger partial charge in [0.05, 0.1) is 6.21 Å². The van der Waals surface area contributed by atoms with Crippen LogP contribution < -0.4 is 5.73 Å². The third-order valence-corrected chi connectivity index (χ3v) is 6.62. The highest BCUT2D eigenvalue weighted by Crippen LogP contribution is 2.56. The number of carbonyl (C=O) groups excluding carboxylic acids is 1. The second-order valence-electron chi connectivity index (χ2n) is 8.88. The van der Waals surface area contributed by atoms with Crippen LogP contribution in [0, 0.1) is 11.3 Å². The van der Waals surface area contributed by atoms with Crippen molar-refractivity contribution in [1.82, 2.24) is 0 Å². The Bertz CT molecular complexity index is 745. The Labute approximate surface area is 162 Å². The number of fused-ring (bicyclic) bond motifs is 3. The number of ketones is 1. The Hall–Kier alpha value is -1.72. The summed E-state index contributed by atoms with van der Waals surface area (Å²) in [4.78, 5) is 18.3. The van der Waals surface area contributed by atoms with Crippen molar-refractivity contribution in [3.8, 4) is 0 Å². The summed E-state index contributed by atoms with van der Waals surface area (Å²) in [6.45, 7) is 9.26. The van der Waals surface area contributed by atoms with E-state index >= 15 is 0 Å². The second kappa shape index (κ2) is 7.36. The molecule has 148 valence electrons. The minimum Gasteiger partial charge on any atom is -0.395 e. The fourth-order valence-corrected chi connectivity index (χ4v) is 5.23. The molecule has 0 aliphatic heterocycles. The predicted octanol–water partition coefficient (Wildman–Crippen LogP) is 3.39. The first-order chi connectivity index (χ1) is 12.7. The number of nitrogens with two attached hydrogens (primary N) is 1. The summed E-state index contributed by atoms with van der Waals surface area (Å²) in [6.07, 6.45) is 3.58. The number of hydrogen-bond acceptors (Lipinski definition) is 5. The maximum atomic E-state index is 13.1. The monoisotopic (exact) mass is 372 g/mol. The van der Waals surface area contributed by atoms with Crippen LogP contribution in [0.1, 0.15) is 74.4 Å². The zero-order chi connectivity index (χ0) is 19.8. The van der Waals surface area contributed by atoms with Gasteiger partial charge in [0.15, 0.2) is 5.78 Å². The molecule has 27 heavy (non-hydrogen) atoms. The zero-order valence-electron chi connectivity index (χ0n) is 16.9. The fourth-order valence-electron chi connectivity index (χ4n) is 5.23. The van der Waals surface area contributed by atoms with Gasteiger partial charge in [0, 0.05) is 23.4 Å². The lowest BCUT2D eigenvalue weighted by Crippen LogP contribution is -2.58. The molecule has 1 aromatic carbocycles. The number of benzene rings is 1. The highest BCUT2D eigenvalue weighted by molar-refractivity contribution is 6.03. The molecule has 0 saturated heterocycles. The number of aliphatic hydroxyl groups excluding tert-OH is 1. The average molecular weight is 373 g/mol. The number of nitrogens with zero attached hydrogens (tertiary/aromatic N) is 1. The number of carbonyl (C=O) groups is 1. The van der Waals surface area contributed by atoms with Crippen LogP contribution in [0.3, 0.4) is 0 Å². The van der Waals surface area contributed by atoms with Gasteiger partial charge in [0.25, 0.3) is 0 Å². The third-order valence-electron chi connectivity index (χ3n) is 6.62. The van der Waals surface area contributed by atoms with Crippen LogP contribution in [-0.2, 0) is 10.3 Å². The number of Topliss-reactive ketones (excluding diaryl/α,β-unsaturated/α-hetero) is 1. The van der Waals surface area contributed by atoms with Crippen molar-refractivity contribution in [2.45, 2.75) is 64.4 Å². The minimum atomic E-state index is -1.03. The molecule has 0 aromatic heterocycles. The Morgan fingerprint density at radius 1 is 1.37 bits per heavy atom. The molecule has 3 rings (SSSR count). The number of rotatable bonds is 5. The van der Waals surface area contributed by atoms with E-state index in [1.807, 2.05) is 6.07 Å². The molecule has 0 radical (unpaired) electrons. The Kier molecular flexibility index (Phi) is 5.46. The molecule has 5 heteroatoms. The van der Waals surface area contributed by atoms with Gasteiger partial charge in [-0.3, -0.25) is 4.79 Å². The lowest BCUT2D eigenvalue weighted by atomic mass is 9.49. The van der Waals surface area contributed by atoms with Crippen molar-refractivity contribution < 1.29 is 14.7 Å². The van der Waals surface area contributed by atoms with E-state index in [1.54, 1.807) is 6.21 Å². The lowest BCUT2D eigenvalue weighted by Gasteiger charge is -2.55. The van der Waals surface area contributed by atoms with Crippen LogP contribution >= 0.6 is 0 Å². The Morgan fingerprint density at radius 2 is 2.11 bits per heavy atom. The molecule has 0 bridgehead atoms. The van der Waals surface area contributed by atoms with Gasteiger partial charge in [-0.25, -0.2) is 0 Å². The van der Waals surface area contributed by atoms with Crippen molar-refractivity contribution in [3.05, 3.63) is 34.9 Å². The average Bonchev–Trinajstić information content (AvgIpc) is 2.63. The third kappa shape index (κ3) is 3.32. The van der Waals surface area contributed by atoms with Crippen LogP contribution in [0.5, 0.6) is 0 Å². The van der Waals surface area contributed by atoms with E-state index in [9.17, 15) is 9.90 Å². The summed E-state index contributed by atoms with van der Waals surface area (Å²) in [5, 5.41) is 15.2. The predicted molar refractivity (Wildman–Crippen MR) is 107 cm³/mol. The summed E-state index contributed by atoms with van der Waals surface area (Å²) in [5.74, 6) is -0.0533. The maximum Gasteiger partial charge on any atom is 0.191 e. The highest BCUT2D eigenvalue weighted by atomic mass is 16.6. The van der Waals surface area contributed by atoms with Crippen LogP contribution in [0.15, 0.2) is 23.4 Å². The van der Waals surface area contributed by atoms with Crippen LogP contribution in [0.4, 0.5) is 0 Å². The van der Waals surface area contributed by atoms with Gasteiger partial charge in [-0.05, 0) is 41.4 Å². The first kappa shape index (κ1) is 20.0. The molecule has 2 unspecified atom stereocenters. The highest BCUT2D eigenvalue weighted by Gasteiger charge is 2.57. The second-order valence-corrected chi connectivity index (χ2v) is 8.88. The van der Waals surface area contributed by atoms with Gasteiger partial charge in [-0.15, -0.1) is 0 Å². The van der Waals surface area contributed by atoms with Crippen LogP contribution in [0.25, 0.3) is 0 Å². The van der Waals surface area contributed by atoms with Crippen molar-refractivity contribution in [1.29, 1.82) is 0 Å². The van der Waals surface area contributed by atoms with Gasteiger partial charge >= 0.3 is 0 Å². The number of oxime groups is 1. The lowest BCUT2D eigenvalue weighted by molar-refractivity contribution is -0.0183. The molecule has 0 amide bonds. The molecule has 1 fully saturated rings.